The Morgan fingerprint density at radius 1 is 1.17 bits per heavy atom. The Morgan fingerprint density at radius 2 is 1.87 bits per heavy atom. The van der Waals surface area contributed by atoms with Crippen LogP contribution < -0.4 is 10.1 Å². The van der Waals surface area contributed by atoms with E-state index in [0.29, 0.717) is 12.2 Å². The molecule has 2 rings (SSSR count). The van der Waals surface area contributed by atoms with Gasteiger partial charge in [-0.3, -0.25) is 4.79 Å². The minimum Gasteiger partial charge on any atom is -0.481 e. The van der Waals surface area contributed by atoms with Crippen molar-refractivity contribution in [2.24, 2.45) is 0 Å². The number of carbonyl (C=O) groups is 1. The van der Waals surface area contributed by atoms with Crippen molar-refractivity contribution in [1.29, 1.82) is 0 Å². The number of halogens is 1. The number of benzene rings is 2. The van der Waals surface area contributed by atoms with E-state index >= 15 is 0 Å². The Bertz CT molecular complexity index is 665. The monoisotopic (exact) mass is 315 g/mol. The van der Waals surface area contributed by atoms with Crippen LogP contribution in [0.25, 0.3) is 0 Å². The third kappa shape index (κ3) is 5.09. The Morgan fingerprint density at radius 3 is 2.48 bits per heavy atom. The van der Waals surface area contributed by atoms with Crippen LogP contribution >= 0.6 is 0 Å². The van der Waals surface area contributed by atoms with Gasteiger partial charge in [0.1, 0.15) is 11.6 Å². The topological polar surface area (TPSA) is 38.3 Å². The normalized spacial score (nSPS) is 11.8. The quantitative estimate of drug-likeness (QED) is 0.877. The molecule has 1 atom stereocenters. The molecule has 0 saturated carbocycles. The maximum atomic E-state index is 13.1. The fraction of sp³-hybridized carbons (Fsp3) is 0.316. The number of amides is 1. The van der Waals surface area contributed by atoms with E-state index in [0.717, 1.165) is 16.7 Å². The molecule has 2 aromatic rings. The van der Waals surface area contributed by atoms with Gasteiger partial charge in [-0.05, 0) is 61.2 Å². The molecule has 1 amide bonds. The lowest BCUT2D eigenvalue weighted by Crippen LogP contribution is -2.37. The zero-order valence-electron chi connectivity index (χ0n) is 13.7. The third-order valence-electron chi connectivity index (χ3n) is 3.49. The molecule has 0 spiro atoms. The van der Waals surface area contributed by atoms with Crippen LogP contribution in [0.1, 0.15) is 30.0 Å². The lowest BCUT2D eigenvalue weighted by Gasteiger charge is -2.18. The molecule has 0 heterocycles. The molecule has 0 aromatic heterocycles. The number of aryl methyl sites for hydroxylation is 2. The Balaban J connectivity index is 1.98. The highest BCUT2D eigenvalue weighted by atomic mass is 19.1. The van der Waals surface area contributed by atoms with Gasteiger partial charge < -0.3 is 10.1 Å². The van der Waals surface area contributed by atoms with Crippen molar-refractivity contribution in [2.75, 3.05) is 0 Å². The van der Waals surface area contributed by atoms with Crippen molar-refractivity contribution in [3.63, 3.8) is 0 Å². The highest BCUT2D eigenvalue weighted by molar-refractivity contribution is 5.81. The summed E-state index contributed by atoms with van der Waals surface area (Å²) in [6.07, 6.45) is -0.00752. The summed E-state index contributed by atoms with van der Waals surface area (Å²) in [6.45, 7) is 6.16. The van der Waals surface area contributed by atoms with Crippen LogP contribution in [-0.4, -0.2) is 12.0 Å². The second-order valence-corrected chi connectivity index (χ2v) is 5.69. The molecule has 4 heteroatoms. The molecule has 0 aliphatic carbocycles. The standard InChI is InChI=1S/C19H22FNO2/c1-4-18(23-17-9-13(2)8-14(3)10-17)19(22)21-12-15-6-5-7-16(20)11-15/h5-11,18H,4,12H2,1-3H3,(H,21,22). The predicted octanol–water partition coefficient (Wildman–Crippen LogP) is 3.92. The van der Waals surface area contributed by atoms with Crippen LogP contribution in [0.4, 0.5) is 4.39 Å². The number of nitrogens with one attached hydrogen (secondary N) is 1. The summed E-state index contributed by atoms with van der Waals surface area (Å²) in [5.41, 5.74) is 2.91. The van der Waals surface area contributed by atoms with Crippen molar-refractivity contribution >= 4 is 5.91 Å². The van der Waals surface area contributed by atoms with E-state index < -0.39 is 6.10 Å². The van der Waals surface area contributed by atoms with E-state index in [9.17, 15) is 9.18 Å². The summed E-state index contributed by atoms with van der Waals surface area (Å²) in [5.74, 6) is 0.182. The van der Waals surface area contributed by atoms with E-state index in [1.165, 1.54) is 12.1 Å². The molecule has 122 valence electrons. The number of rotatable bonds is 6. The summed E-state index contributed by atoms with van der Waals surface area (Å²) in [7, 11) is 0. The molecule has 1 N–H and O–H groups in total. The van der Waals surface area contributed by atoms with Crippen LogP contribution in [0.3, 0.4) is 0 Å². The number of ether oxygens (including phenoxy) is 1. The van der Waals surface area contributed by atoms with Gasteiger partial charge in [-0.2, -0.15) is 0 Å². The molecule has 0 aliphatic heterocycles. The van der Waals surface area contributed by atoms with Crippen LogP contribution in [0.2, 0.25) is 0 Å². The van der Waals surface area contributed by atoms with Crippen molar-refractivity contribution in [3.8, 4) is 5.75 Å². The van der Waals surface area contributed by atoms with Crippen LogP contribution in [-0.2, 0) is 11.3 Å². The fourth-order valence-electron chi connectivity index (χ4n) is 2.44. The van der Waals surface area contributed by atoms with Gasteiger partial charge in [-0.1, -0.05) is 25.1 Å². The molecule has 2 aromatic carbocycles. The van der Waals surface area contributed by atoms with Crippen LogP contribution in [0.15, 0.2) is 42.5 Å². The van der Waals surface area contributed by atoms with Gasteiger partial charge in [0.15, 0.2) is 6.10 Å². The van der Waals surface area contributed by atoms with E-state index in [1.807, 2.05) is 32.9 Å². The molecule has 1 unspecified atom stereocenters. The number of hydrogen-bond donors (Lipinski definition) is 1. The minimum absolute atomic E-state index is 0.198. The van der Waals surface area contributed by atoms with Crippen LogP contribution in [0.5, 0.6) is 5.75 Å². The average molecular weight is 315 g/mol. The molecule has 0 saturated heterocycles. The molecule has 3 nitrogen and oxygen atoms in total. The fourth-order valence-corrected chi connectivity index (χ4v) is 2.44. The first kappa shape index (κ1) is 17.0. The molecular weight excluding hydrogens is 293 g/mol. The third-order valence-corrected chi connectivity index (χ3v) is 3.49. The summed E-state index contributed by atoms with van der Waals surface area (Å²) in [6, 6.07) is 12.1. The maximum absolute atomic E-state index is 13.1. The van der Waals surface area contributed by atoms with E-state index in [-0.39, 0.29) is 18.3 Å². The summed E-state index contributed by atoms with van der Waals surface area (Å²) < 4.78 is 19.0. The molecule has 23 heavy (non-hydrogen) atoms. The lowest BCUT2D eigenvalue weighted by atomic mass is 10.1. The van der Waals surface area contributed by atoms with Gasteiger partial charge in [0.25, 0.3) is 5.91 Å². The van der Waals surface area contributed by atoms with Gasteiger partial charge >= 0.3 is 0 Å². The van der Waals surface area contributed by atoms with Crippen molar-refractivity contribution in [1.82, 2.24) is 5.32 Å². The molecule has 0 aliphatic rings. The first-order valence-electron chi connectivity index (χ1n) is 7.75. The van der Waals surface area contributed by atoms with Gasteiger partial charge in [0.05, 0.1) is 0 Å². The summed E-state index contributed by atoms with van der Waals surface area (Å²) in [5, 5.41) is 2.80. The lowest BCUT2D eigenvalue weighted by molar-refractivity contribution is -0.128. The Kier molecular flexibility index (Phi) is 5.74. The molecular formula is C19H22FNO2. The van der Waals surface area contributed by atoms with Crippen molar-refractivity contribution in [2.45, 2.75) is 39.8 Å². The van der Waals surface area contributed by atoms with Gasteiger partial charge in [0, 0.05) is 6.54 Å². The Hall–Kier alpha value is -2.36. The zero-order chi connectivity index (χ0) is 16.8. The first-order chi connectivity index (χ1) is 11.0. The van der Waals surface area contributed by atoms with Gasteiger partial charge in [-0.15, -0.1) is 0 Å². The van der Waals surface area contributed by atoms with E-state index in [1.54, 1.807) is 12.1 Å². The van der Waals surface area contributed by atoms with Crippen molar-refractivity contribution < 1.29 is 13.9 Å². The maximum Gasteiger partial charge on any atom is 0.261 e. The summed E-state index contributed by atoms with van der Waals surface area (Å²) >= 11 is 0. The second kappa shape index (κ2) is 7.77. The minimum atomic E-state index is -0.565. The molecule has 0 fully saturated rings. The van der Waals surface area contributed by atoms with Gasteiger partial charge in [-0.25, -0.2) is 4.39 Å². The van der Waals surface area contributed by atoms with Gasteiger partial charge in [0.2, 0.25) is 0 Å². The van der Waals surface area contributed by atoms with E-state index in [2.05, 4.69) is 11.4 Å². The predicted molar refractivity (Wildman–Crippen MR) is 88.9 cm³/mol. The van der Waals surface area contributed by atoms with E-state index in [4.69, 9.17) is 4.74 Å². The zero-order valence-corrected chi connectivity index (χ0v) is 13.7. The smallest absolute Gasteiger partial charge is 0.261 e. The largest absolute Gasteiger partial charge is 0.481 e. The average Bonchev–Trinajstić information content (AvgIpc) is 2.49. The SMILES string of the molecule is CCC(Oc1cc(C)cc(C)c1)C(=O)NCc1cccc(F)c1. The number of carbonyl (C=O) groups excluding carboxylic acids is 1. The van der Waals surface area contributed by atoms with Crippen LogP contribution in [0, 0.1) is 19.7 Å². The second-order valence-electron chi connectivity index (χ2n) is 5.69. The highest BCUT2D eigenvalue weighted by Gasteiger charge is 2.18. The molecule has 0 bridgehead atoms. The number of hydrogen-bond acceptors (Lipinski definition) is 2. The first-order valence-corrected chi connectivity index (χ1v) is 7.75. The summed E-state index contributed by atoms with van der Waals surface area (Å²) in [4.78, 5) is 12.3. The highest BCUT2D eigenvalue weighted by Crippen LogP contribution is 2.18. The van der Waals surface area contributed by atoms with Crippen molar-refractivity contribution in [3.05, 3.63) is 65.0 Å². The Labute approximate surface area is 136 Å². The molecule has 0 radical (unpaired) electrons.